The summed E-state index contributed by atoms with van der Waals surface area (Å²) in [6.45, 7) is 0. The Morgan fingerprint density at radius 3 is 0.800 bits per heavy atom. The summed E-state index contributed by atoms with van der Waals surface area (Å²) in [5.41, 5.74) is 14.6. The van der Waals surface area contributed by atoms with Crippen molar-refractivity contribution in [3.63, 3.8) is 0 Å². The van der Waals surface area contributed by atoms with Crippen LogP contribution in [-0.2, 0) is 0 Å². The van der Waals surface area contributed by atoms with Crippen molar-refractivity contribution in [2.24, 2.45) is 0 Å². The summed E-state index contributed by atoms with van der Waals surface area (Å²) < 4.78 is 0. The van der Waals surface area contributed by atoms with Crippen LogP contribution in [0.3, 0.4) is 0 Å². The molecule has 2 aliphatic heterocycles. The molecule has 0 atom stereocenters. The first kappa shape index (κ1) is 22.6. The Labute approximate surface area is 234 Å². The van der Waals surface area contributed by atoms with Gasteiger partial charge in [0.2, 0.25) is 0 Å². The molecule has 0 N–H and O–H groups in total. The molecule has 2 heteroatoms. The number of hydrogen-bond acceptors (Lipinski definition) is 2. The first-order chi connectivity index (χ1) is 19.9. The van der Waals surface area contributed by atoms with Crippen LogP contribution in [0.4, 0.5) is 34.1 Å². The van der Waals surface area contributed by atoms with Gasteiger partial charge in [-0.1, -0.05) is 109 Å². The van der Waals surface area contributed by atoms with Crippen molar-refractivity contribution in [2.75, 3.05) is 9.80 Å². The van der Waals surface area contributed by atoms with Gasteiger partial charge in [-0.3, -0.25) is 0 Å². The highest BCUT2D eigenvalue weighted by Gasteiger charge is 2.34. The topological polar surface area (TPSA) is 6.48 Å². The number of hydrogen-bond donors (Lipinski definition) is 0. The minimum absolute atomic E-state index is 1.16. The molecule has 40 heavy (non-hydrogen) atoms. The van der Waals surface area contributed by atoms with Gasteiger partial charge in [-0.25, -0.2) is 0 Å². The van der Waals surface area contributed by atoms with Gasteiger partial charge < -0.3 is 9.80 Å². The highest BCUT2D eigenvalue weighted by molar-refractivity contribution is 6.17. The second-order valence-electron chi connectivity index (χ2n) is 10.2. The van der Waals surface area contributed by atoms with E-state index in [1.807, 2.05) is 0 Å². The molecule has 0 aromatic heterocycles. The molecular weight excluding hydrogens is 484 g/mol. The molecule has 0 aliphatic carbocycles. The maximum absolute atomic E-state index is 2.39. The molecule has 0 fully saturated rings. The Balaban J connectivity index is 1.49. The number of fused-ring (bicyclic) bond motifs is 4. The maximum atomic E-state index is 2.39. The van der Waals surface area contributed by atoms with E-state index in [0.29, 0.717) is 0 Å². The summed E-state index contributed by atoms with van der Waals surface area (Å²) in [7, 11) is 0. The van der Waals surface area contributed by atoms with Gasteiger partial charge in [-0.05, 0) is 48.5 Å². The van der Waals surface area contributed by atoms with Gasteiger partial charge in [0.1, 0.15) is 0 Å². The van der Waals surface area contributed by atoms with E-state index in [-0.39, 0.29) is 0 Å². The summed E-state index contributed by atoms with van der Waals surface area (Å²) >= 11 is 0. The summed E-state index contributed by atoms with van der Waals surface area (Å²) in [5.74, 6) is 0. The van der Waals surface area contributed by atoms with Crippen LogP contribution in [-0.4, -0.2) is 0 Å². The second kappa shape index (κ2) is 9.14. The van der Waals surface area contributed by atoms with Gasteiger partial charge in [0.15, 0.2) is 0 Å². The highest BCUT2D eigenvalue weighted by atomic mass is 15.2. The molecule has 0 unspecified atom stereocenters. The van der Waals surface area contributed by atoms with Crippen molar-refractivity contribution in [1.29, 1.82) is 0 Å². The zero-order valence-electron chi connectivity index (χ0n) is 21.9. The first-order valence-electron chi connectivity index (χ1n) is 13.7. The molecule has 0 radical (unpaired) electrons. The molecular formula is C38H26N2. The molecule has 8 rings (SSSR count). The molecule has 6 aromatic carbocycles. The lowest BCUT2D eigenvalue weighted by Gasteiger charge is -2.39. The van der Waals surface area contributed by atoms with E-state index in [1.54, 1.807) is 0 Å². The van der Waals surface area contributed by atoms with E-state index < -0.39 is 0 Å². The molecule has 188 valence electrons. The highest BCUT2D eigenvalue weighted by Crippen LogP contribution is 2.56. The van der Waals surface area contributed by atoms with Crippen LogP contribution in [0.1, 0.15) is 22.3 Å². The van der Waals surface area contributed by atoms with Crippen LogP contribution in [0.25, 0.3) is 11.1 Å². The lowest BCUT2D eigenvalue weighted by atomic mass is 9.79. The third-order valence-electron chi connectivity index (χ3n) is 7.94. The van der Waals surface area contributed by atoms with E-state index in [4.69, 9.17) is 0 Å². The first-order valence-corrected chi connectivity index (χ1v) is 13.7. The van der Waals surface area contributed by atoms with Crippen molar-refractivity contribution in [1.82, 2.24) is 0 Å². The third kappa shape index (κ3) is 3.36. The largest absolute Gasteiger partial charge is 0.309 e. The van der Waals surface area contributed by atoms with E-state index in [1.165, 1.54) is 56.1 Å². The maximum Gasteiger partial charge on any atom is 0.0540 e. The number of benzene rings is 6. The van der Waals surface area contributed by atoms with Gasteiger partial charge in [-0.2, -0.15) is 0 Å². The number of para-hydroxylation sites is 6. The second-order valence-corrected chi connectivity index (χ2v) is 10.2. The lowest BCUT2D eigenvalue weighted by Crippen LogP contribution is -2.21. The number of anilines is 6. The molecule has 2 nitrogen and oxygen atoms in total. The molecule has 0 amide bonds. The average Bonchev–Trinajstić information content (AvgIpc) is 3.03. The fourth-order valence-electron chi connectivity index (χ4n) is 6.32. The predicted octanol–water partition coefficient (Wildman–Crippen LogP) is 10.3. The van der Waals surface area contributed by atoms with Crippen LogP contribution in [0.2, 0.25) is 0 Å². The Hall–Kier alpha value is -5.34. The van der Waals surface area contributed by atoms with E-state index >= 15 is 0 Å². The quantitative estimate of drug-likeness (QED) is 0.228. The predicted molar refractivity (Wildman–Crippen MR) is 167 cm³/mol. The number of rotatable bonds is 2. The molecule has 0 saturated carbocycles. The summed E-state index contributed by atoms with van der Waals surface area (Å²) in [5, 5.41) is 0. The van der Waals surface area contributed by atoms with E-state index in [2.05, 4.69) is 168 Å². The van der Waals surface area contributed by atoms with Crippen LogP contribution in [0, 0.1) is 0 Å². The van der Waals surface area contributed by atoms with E-state index in [0.717, 1.165) is 11.4 Å². The van der Waals surface area contributed by atoms with Crippen LogP contribution in [0.15, 0.2) is 158 Å². The normalized spacial score (nSPS) is 13.3. The fraction of sp³-hybridized carbons (Fsp3) is 0. The summed E-state index contributed by atoms with van der Waals surface area (Å²) in [6.07, 6.45) is 0. The molecule has 0 saturated heterocycles. The van der Waals surface area contributed by atoms with E-state index in [9.17, 15) is 0 Å². The van der Waals surface area contributed by atoms with Crippen molar-refractivity contribution < 1.29 is 0 Å². The van der Waals surface area contributed by atoms with Crippen LogP contribution >= 0.6 is 0 Å². The zero-order valence-corrected chi connectivity index (χ0v) is 21.9. The lowest BCUT2D eigenvalue weighted by molar-refractivity contribution is 1.22. The van der Waals surface area contributed by atoms with Gasteiger partial charge in [0.05, 0.1) is 22.7 Å². The fourth-order valence-corrected chi connectivity index (χ4v) is 6.32. The number of nitrogens with zero attached hydrogens (tertiary/aromatic N) is 2. The third-order valence-corrected chi connectivity index (χ3v) is 7.94. The van der Waals surface area contributed by atoms with Gasteiger partial charge in [-0.15, -0.1) is 0 Å². The van der Waals surface area contributed by atoms with Gasteiger partial charge in [0, 0.05) is 44.8 Å². The van der Waals surface area contributed by atoms with Crippen LogP contribution in [0.5, 0.6) is 0 Å². The Morgan fingerprint density at radius 1 is 0.250 bits per heavy atom. The van der Waals surface area contributed by atoms with Gasteiger partial charge in [0.25, 0.3) is 0 Å². The molecule has 2 aliphatic rings. The van der Waals surface area contributed by atoms with Gasteiger partial charge >= 0.3 is 0 Å². The smallest absolute Gasteiger partial charge is 0.0540 e. The summed E-state index contributed by atoms with van der Waals surface area (Å²) in [4.78, 5) is 4.79. The molecule has 2 heterocycles. The standard InChI is InChI=1S/C38H26N2/c1-3-15-27(16-4-1)39-33-23-11-7-19-29(33)37(30-20-8-12-24-34(30)39)38-31-21-9-13-25-35(31)40(28-17-5-2-6-18-28)36-26-14-10-22-32(36)38/h1-26H. The SMILES string of the molecule is c1ccc(N2c3ccccc3C(=C3c4ccccc4N(c4ccccc4)c4ccccc43)c3ccccc32)cc1. The monoisotopic (exact) mass is 510 g/mol. The zero-order chi connectivity index (χ0) is 26.5. The van der Waals surface area contributed by atoms with Crippen molar-refractivity contribution in [3.05, 3.63) is 180 Å². The minimum Gasteiger partial charge on any atom is -0.309 e. The molecule has 0 spiro atoms. The molecule has 6 aromatic rings. The molecule has 0 bridgehead atoms. The van der Waals surface area contributed by atoms with Crippen molar-refractivity contribution in [3.8, 4) is 0 Å². The van der Waals surface area contributed by atoms with Crippen molar-refractivity contribution in [2.45, 2.75) is 0 Å². The summed E-state index contributed by atoms with van der Waals surface area (Å²) in [6, 6.07) is 56.7. The van der Waals surface area contributed by atoms with Crippen molar-refractivity contribution >= 4 is 45.3 Å². The average molecular weight is 511 g/mol. The Kier molecular flexibility index (Phi) is 5.17. The Morgan fingerprint density at radius 2 is 0.500 bits per heavy atom. The minimum atomic E-state index is 1.16. The van der Waals surface area contributed by atoms with Crippen LogP contribution < -0.4 is 9.80 Å². The Bertz CT molecular complexity index is 1660.